The molecule has 0 N–H and O–H groups in total. The fourth-order valence-corrected chi connectivity index (χ4v) is 3.63. The fourth-order valence-electron chi connectivity index (χ4n) is 2.66. The average molecular weight is 355 g/mol. The summed E-state index contributed by atoms with van der Waals surface area (Å²) < 4.78 is 26.5. The van der Waals surface area contributed by atoms with Crippen LogP contribution in [0.15, 0.2) is 54.6 Å². The molecule has 0 amide bonds. The van der Waals surface area contributed by atoms with Gasteiger partial charge >= 0.3 is 0 Å². The summed E-state index contributed by atoms with van der Waals surface area (Å²) in [5.41, 5.74) is 2.74. The first kappa shape index (κ1) is 17.4. The van der Waals surface area contributed by atoms with Crippen LogP contribution < -0.4 is 0 Å². The molecule has 6 heteroatoms. The van der Waals surface area contributed by atoms with Crippen LogP contribution in [0.3, 0.4) is 0 Å². The number of sulfone groups is 1. The molecule has 1 atom stereocenters. The maximum absolute atomic E-state index is 12.4. The Balaban J connectivity index is 2.20. The molecule has 0 saturated carbocycles. The van der Waals surface area contributed by atoms with Crippen LogP contribution >= 0.6 is 0 Å². The smallest absolute Gasteiger partial charge is 0.181 e. The molecule has 0 spiro atoms. The van der Waals surface area contributed by atoms with E-state index in [1.165, 1.54) is 0 Å². The van der Waals surface area contributed by atoms with Crippen molar-refractivity contribution in [1.82, 2.24) is 14.8 Å². The quantitative estimate of drug-likeness (QED) is 0.699. The van der Waals surface area contributed by atoms with Gasteiger partial charge in [0.25, 0.3) is 0 Å². The zero-order valence-electron chi connectivity index (χ0n) is 14.5. The Morgan fingerprint density at radius 1 is 1.08 bits per heavy atom. The molecule has 0 fully saturated rings. The van der Waals surface area contributed by atoms with Gasteiger partial charge in [-0.05, 0) is 31.5 Å². The molecule has 3 rings (SSSR count). The topological polar surface area (TPSA) is 64.8 Å². The van der Waals surface area contributed by atoms with Crippen molar-refractivity contribution in [1.29, 1.82) is 0 Å². The highest BCUT2D eigenvalue weighted by Gasteiger charge is 2.27. The maximum atomic E-state index is 12.4. The van der Waals surface area contributed by atoms with Gasteiger partial charge in [0.2, 0.25) is 0 Å². The normalized spacial score (nSPS) is 12.9. The van der Waals surface area contributed by atoms with E-state index in [0.717, 1.165) is 16.8 Å². The zero-order valence-corrected chi connectivity index (χ0v) is 15.4. The lowest BCUT2D eigenvalue weighted by Gasteiger charge is -2.12. The van der Waals surface area contributed by atoms with Gasteiger partial charge in [-0.3, -0.25) is 0 Å². The molecule has 0 aliphatic heterocycles. The van der Waals surface area contributed by atoms with Crippen molar-refractivity contribution in [2.75, 3.05) is 5.75 Å². The van der Waals surface area contributed by atoms with Crippen LogP contribution in [0.25, 0.3) is 17.1 Å². The first-order valence-electron chi connectivity index (χ1n) is 8.23. The van der Waals surface area contributed by atoms with Gasteiger partial charge in [-0.25, -0.2) is 18.1 Å². The molecule has 5 nitrogen and oxygen atoms in total. The standard InChI is InChI=1S/C19H21N3O2S/c1-4-25(23,24)15(3)19-20-18(16-10-6-5-7-11-16)21-22(19)17-12-8-9-14(2)13-17/h5-13,15H,4H2,1-3H3/t15-/m1/s1. The van der Waals surface area contributed by atoms with Crippen molar-refractivity contribution in [3.63, 3.8) is 0 Å². The minimum atomic E-state index is -3.28. The van der Waals surface area contributed by atoms with Crippen LogP contribution in [0.4, 0.5) is 0 Å². The molecule has 0 unspecified atom stereocenters. The zero-order chi connectivity index (χ0) is 18.0. The van der Waals surface area contributed by atoms with Gasteiger partial charge in [-0.1, -0.05) is 49.4 Å². The first-order valence-corrected chi connectivity index (χ1v) is 9.95. The summed E-state index contributed by atoms with van der Waals surface area (Å²) in [6, 6.07) is 17.4. The molecule has 1 heterocycles. The monoisotopic (exact) mass is 355 g/mol. The summed E-state index contributed by atoms with van der Waals surface area (Å²) in [7, 11) is -3.28. The summed E-state index contributed by atoms with van der Waals surface area (Å²) in [5, 5.41) is 3.87. The van der Waals surface area contributed by atoms with Crippen molar-refractivity contribution < 1.29 is 8.42 Å². The van der Waals surface area contributed by atoms with Crippen molar-refractivity contribution in [3.05, 3.63) is 66.0 Å². The van der Waals surface area contributed by atoms with Gasteiger partial charge in [-0.15, -0.1) is 5.10 Å². The van der Waals surface area contributed by atoms with Crippen LogP contribution in [0.5, 0.6) is 0 Å². The lowest BCUT2D eigenvalue weighted by atomic mass is 10.2. The Morgan fingerprint density at radius 3 is 2.44 bits per heavy atom. The van der Waals surface area contributed by atoms with Gasteiger partial charge in [0.05, 0.1) is 5.69 Å². The Bertz CT molecular complexity index is 979. The van der Waals surface area contributed by atoms with E-state index in [-0.39, 0.29) is 5.75 Å². The Hall–Kier alpha value is -2.47. The van der Waals surface area contributed by atoms with Crippen LogP contribution in [0.1, 0.15) is 30.5 Å². The maximum Gasteiger partial charge on any atom is 0.181 e. The number of benzene rings is 2. The minimum absolute atomic E-state index is 0.0650. The number of nitrogens with zero attached hydrogens (tertiary/aromatic N) is 3. The average Bonchev–Trinajstić information content (AvgIpc) is 3.07. The predicted molar refractivity (Wildman–Crippen MR) is 99.4 cm³/mol. The SMILES string of the molecule is CCS(=O)(=O)[C@H](C)c1nc(-c2ccccc2)nn1-c1cccc(C)c1. The first-order chi connectivity index (χ1) is 11.9. The minimum Gasteiger partial charge on any atom is -0.228 e. The summed E-state index contributed by atoms with van der Waals surface area (Å²) in [6.07, 6.45) is 0. The molecule has 25 heavy (non-hydrogen) atoms. The number of aryl methyl sites for hydroxylation is 1. The third kappa shape index (κ3) is 3.49. The number of aromatic nitrogens is 3. The summed E-state index contributed by atoms with van der Waals surface area (Å²) in [6.45, 7) is 5.31. The van der Waals surface area contributed by atoms with Crippen LogP contribution in [-0.2, 0) is 9.84 Å². The third-order valence-electron chi connectivity index (χ3n) is 4.22. The second kappa shape index (κ2) is 6.80. The highest BCUT2D eigenvalue weighted by molar-refractivity contribution is 7.91. The van der Waals surface area contributed by atoms with Crippen molar-refractivity contribution in [2.24, 2.45) is 0 Å². The molecule has 1 aromatic heterocycles. The fraction of sp³-hybridized carbons (Fsp3) is 0.263. The predicted octanol–water partition coefficient (Wildman–Crippen LogP) is 3.74. The molecule has 0 aliphatic carbocycles. The Morgan fingerprint density at radius 2 is 1.80 bits per heavy atom. The third-order valence-corrected chi connectivity index (χ3v) is 6.31. The van der Waals surface area contributed by atoms with Crippen molar-refractivity contribution >= 4 is 9.84 Å². The number of hydrogen-bond donors (Lipinski definition) is 0. The van der Waals surface area contributed by atoms with Gasteiger partial charge in [0, 0.05) is 11.3 Å². The number of rotatable bonds is 5. The van der Waals surface area contributed by atoms with Gasteiger partial charge < -0.3 is 0 Å². The van der Waals surface area contributed by atoms with E-state index in [1.807, 2.05) is 61.5 Å². The summed E-state index contributed by atoms with van der Waals surface area (Å²) >= 11 is 0. The largest absolute Gasteiger partial charge is 0.228 e. The van der Waals surface area contributed by atoms with Crippen LogP contribution in [0, 0.1) is 6.92 Å². The van der Waals surface area contributed by atoms with E-state index in [2.05, 4.69) is 10.1 Å². The Labute approximate surface area is 148 Å². The van der Waals surface area contributed by atoms with E-state index in [9.17, 15) is 8.42 Å². The molecule has 0 radical (unpaired) electrons. The van der Waals surface area contributed by atoms with Crippen molar-refractivity contribution in [3.8, 4) is 17.1 Å². The lowest BCUT2D eigenvalue weighted by molar-refractivity contribution is 0.582. The molecule has 2 aromatic carbocycles. The van der Waals surface area contributed by atoms with Gasteiger partial charge in [0.15, 0.2) is 21.5 Å². The van der Waals surface area contributed by atoms with E-state index < -0.39 is 15.1 Å². The van der Waals surface area contributed by atoms with E-state index in [4.69, 9.17) is 0 Å². The molecule has 0 aliphatic rings. The van der Waals surface area contributed by atoms with Gasteiger partial charge in [0.1, 0.15) is 5.25 Å². The summed E-state index contributed by atoms with van der Waals surface area (Å²) in [5.74, 6) is 1.02. The van der Waals surface area contributed by atoms with Gasteiger partial charge in [-0.2, -0.15) is 0 Å². The second-order valence-electron chi connectivity index (χ2n) is 6.00. The second-order valence-corrected chi connectivity index (χ2v) is 8.61. The number of hydrogen-bond acceptors (Lipinski definition) is 4. The van der Waals surface area contributed by atoms with E-state index in [1.54, 1.807) is 18.5 Å². The molecule has 3 aromatic rings. The summed E-state index contributed by atoms with van der Waals surface area (Å²) in [4.78, 5) is 4.57. The lowest BCUT2D eigenvalue weighted by Crippen LogP contribution is -2.17. The molecular weight excluding hydrogens is 334 g/mol. The van der Waals surface area contributed by atoms with Crippen molar-refractivity contribution in [2.45, 2.75) is 26.0 Å². The van der Waals surface area contributed by atoms with Crippen LogP contribution in [-0.4, -0.2) is 28.9 Å². The van der Waals surface area contributed by atoms with E-state index >= 15 is 0 Å². The highest BCUT2D eigenvalue weighted by atomic mass is 32.2. The Kier molecular flexibility index (Phi) is 4.72. The van der Waals surface area contributed by atoms with Crippen LogP contribution in [0.2, 0.25) is 0 Å². The van der Waals surface area contributed by atoms with E-state index in [0.29, 0.717) is 11.6 Å². The highest BCUT2D eigenvalue weighted by Crippen LogP contribution is 2.27. The molecule has 130 valence electrons. The molecular formula is C19H21N3O2S. The molecule has 0 saturated heterocycles. The molecule has 0 bridgehead atoms.